The van der Waals surface area contributed by atoms with Gasteiger partial charge in [0.2, 0.25) is 11.8 Å². The van der Waals surface area contributed by atoms with Crippen LogP contribution in [-0.2, 0) is 14.4 Å². The van der Waals surface area contributed by atoms with Crippen molar-refractivity contribution in [1.82, 2.24) is 10.6 Å². The first-order valence-electron chi connectivity index (χ1n) is 4.99. The van der Waals surface area contributed by atoms with Crippen molar-refractivity contribution in [3.8, 4) is 0 Å². The predicted octanol–water partition coefficient (Wildman–Crippen LogP) is -1.66. The molecule has 17 heavy (non-hydrogen) atoms. The Hall–Kier alpha value is -1.28. The predicted molar refractivity (Wildman–Crippen MR) is 64.7 cm³/mol. The smallest absolute Gasteiger partial charge is 0.327 e. The largest absolute Gasteiger partial charge is 0.480 e. The van der Waals surface area contributed by atoms with Gasteiger partial charge in [0.05, 0.1) is 6.04 Å². The third-order valence-corrected chi connectivity index (χ3v) is 2.33. The van der Waals surface area contributed by atoms with Crippen molar-refractivity contribution in [3.63, 3.8) is 0 Å². The summed E-state index contributed by atoms with van der Waals surface area (Å²) < 4.78 is 0. The van der Waals surface area contributed by atoms with Crippen LogP contribution >= 0.6 is 12.6 Å². The molecule has 3 atom stereocenters. The first kappa shape index (κ1) is 15.7. The van der Waals surface area contributed by atoms with Crippen LogP contribution in [0.25, 0.3) is 0 Å². The van der Waals surface area contributed by atoms with Crippen molar-refractivity contribution in [2.75, 3.05) is 5.75 Å². The summed E-state index contributed by atoms with van der Waals surface area (Å²) in [7, 11) is 0. The Balaban J connectivity index is 4.31. The van der Waals surface area contributed by atoms with Crippen LogP contribution in [0.2, 0.25) is 0 Å². The normalized spacial score (nSPS) is 15.5. The van der Waals surface area contributed by atoms with Gasteiger partial charge in [-0.25, -0.2) is 4.79 Å². The van der Waals surface area contributed by atoms with Crippen LogP contribution in [0, 0.1) is 0 Å². The fraction of sp³-hybridized carbons (Fsp3) is 0.667. The molecule has 0 rings (SSSR count). The molecule has 0 aliphatic heterocycles. The highest BCUT2D eigenvalue weighted by molar-refractivity contribution is 7.80. The number of amides is 2. The van der Waals surface area contributed by atoms with Crippen LogP contribution in [-0.4, -0.2) is 46.8 Å². The molecule has 0 aromatic rings. The molecule has 0 fully saturated rings. The maximum Gasteiger partial charge on any atom is 0.327 e. The first-order valence-corrected chi connectivity index (χ1v) is 5.62. The summed E-state index contributed by atoms with van der Waals surface area (Å²) in [6.45, 7) is 2.92. The van der Waals surface area contributed by atoms with E-state index in [1.54, 1.807) is 0 Å². The number of nitrogens with two attached hydrogens (primary N) is 1. The number of carbonyl (C=O) groups is 3. The zero-order valence-electron chi connectivity index (χ0n) is 9.64. The zero-order chi connectivity index (χ0) is 13.6. The van der Waals surface area contributed by atoms with Gasteiger partial charge in [0, 0.05) is 5.75 Å². The van der Waals surface area contributed by atoms with Crippen molar-refractivity contribution in [3.05, 3.63) is 0 Å². The molecular formula is C9H17N3O4S. The van der Waals surface area contributed by atoms with Gasteiger partial charge in [-0.3, -0.25) is 9.59 Å². The number of carbonyl (C=O) groups excluding carboxylic acids is 2. The van der Waals surface area contributed by atoms with Crippen LogP contribution in [0.3, 0.4) is 0 Å². The highest BCUT2D eigenvalue weighted by Gasteiger charge is 2.23. The monoisotopic (exact) mass is 263 g/mol. The minimum atomic E-state index is -1.18. The molecule has 0 bridgehead atoms. The third kappa shape index (κ3) is 5.55. The Morgan fingerprint density at radius 2 is 1.76 bits per heavy atom. The van der Waals surface area contributed by atoms with Gasteiger partial charge in [0.25, 0.3) is 0 Å². The zero-order valence-corrected chi connectivity index (χ0v) is 10.5. The lowest BCUT2D eigenvalue weighted by Crippen LogP contribution is -2.53. The number of rotatable bonds is 6. The molecule has 3 unspecified atom stereocenters. The summed E-state index contributed by atoms with van der Waals surface area (Å²) >= 11 is 3.80. The molecule has 5 N–H and O–H groups in total. The Morgan fingerprint density at radius 1 is 1.24 bits per heavy atom. The van der Waals surface area contributed by atoms with Crippen molar-refractivity contribution in [2.45, 2.75) is 32.0 Å². The summed E-state index contributed by atoms with van der Waals surface area (Å²) in [6, 6.07) is -2.67. The summed E-state index contributed by atoms with van der Waals surface area (Å²) in [5.74, 6) is -2.29. The second-order valence-corrected chi connectivity index (χ2v) is 3.97. The van der Waals surface area contributed by atoms with Gasteiger partial charge in [0.15, 0.2) is 0 Å². The molecule has 0 spiro atoms. The Bertz CT molecular complexity index is 309. The maximum absolute atomic E-state index is 11.5. The molecule has 0 aliphatic rings. The molecule has 0 aromatic heterocycles. The van der Waals surface area contributed by atoms with E-state index in [2.05, 4.69) is 23.3 Å². The second-order valence-electron chi connectivity index (χ2n) is 3.60. The SMILES string of the molecule is CC(N)C(=O)NC(C)C(=O)NC(CS)C(=O)O. The van der Waals surface area contributed by atoms with Crippen LogP contribution in [0.5, 0.6) is 0 Å². The molecule has 0 saturated carbocycles. The van der Waals surface area contributed by atoms with Crippen molar-refractivity contribution in [2.24, 2.45) is 5.73 Å². The van der Waals surface area contributed by atoms with Crippen LogP contribution in [0.4, 0.5) is 0 Å². The van der Waals surface area contributed by atoms with E-state index in [-0.39, 0.29) is 5.75 Å². The lowest BCUT2D eigenvalue weighted by molar-refractivity contribution is -0.141. The summed E-state index contributed by atoms with van der Waals surface area (Å²) in [4.78, 5) is 33.4. The molecule has 2 amide bonds. The van der Waals surface area contributed by atoms with E-state index in [1.807, 2.05) is 0 Å². The molecule has 0 saturated heterocycles. The summed E-state index contributed by atoms with van der Waals surface area (Å²) in [5, 5.41) is 13.3. The Morgan fingerprint density at radius 3 is 2.12 bits per heavy atom. The van der Waals surface area contributed by atoms with Gasteiger partial charge in [0.1, 0.15) is 12.1 Å². The van der Waals surface area contributed by atoms with Crippen LogP contribution < -0.4 is 16.4 Å². The number of carboxylic acid groups (broad SMARTS) is 1. The molecule has 0 heterocycles. The van der Waals surface area contributed by atoms with Gasteiger partial charge in [-0.1, -0.05) is 0 Å². The average molecular weight is 263 g/mol. The fourth-order valence-corrected chi connectivity index (χ4v) is 1.14. The molecular weight excluding hydrogens is 246 g/mol. The van der Waals surface area contributed by atoms with Crippen molar-refractivity contribution in [1.29, 1.82) is 0 Å². The van der Waals surface area contributed by atoms with E-state index >= 15 is 0 Å². The highest BCUT2D eigenvalue weighted by atomic mass is 32.1. The van der Waals surface area contributed by atoms with Gasteiger partial charge in [-0.05, 0) is 13.8 Å². The summed E-state index contributed by atoms with van der Waals surface area (Å²) in [6.07, 6.45) is 0. The van der Waals surface area contributed by atoms with Gasteiger partial charge in [-0.15, -0.1) is 0 Å². The van der Waals surface area contributed by atoms with Crippen LogP contribution in [0.15, 0.2) is 0 Å². The topological polar surface area (TPSA) is 122 Å². The van der Waals surface area contributed by atoms with E-state index in [1.165, 1.54) is 13.8 Å². The molecule has 8 heteroatoms. The quantitative estimate of drug-likeness (QED) is 0.367. The molecule has 0 aliphatic carbocycles. The number of nitrogens with one attached hydrogen (secondary N) is 2. The fourth-order valence-electron chi connectivity index (χ4n) is 0.893. The van der Waals surface area contributed by atoms with E-state index in [9.17, 15) is 14.4 Å². The standard InChI is InChI=1S/C9H17N3O4S/c1-4(10)7(13)11-5(2)8(14)12-6(3-17)9(15)16/h4-6,17H,3,10H2,1-2H3,(H,11,13)(H,12,14)(H,15,16). The van der Waals surface area contributed by atoms with Gasteiger partial charge < -0.3 is 21.5 Å². The van der Waals surface area contributed by atoms with Crippen molar-refractivity contribution >= 4 is 30.4 Å². The Kier molecular flexibility index (Phi) is 6.59. The average Bonchev–Trinajstić information content (AvgIpc) is 2.24. The van der Waals surface area contributed by atoms with E-state index in [0.717, 1.165) is 0 Å². The second kappa shape index (κ2) is 7.13. The van der Waals surface area contributed by atoms with Crippen LogP contribution in [0.1, 0.15) is 13.8 Å². The Labute approximate surface area is 105 Å². The van der Waals surface area contributed by atoms with E-state index < -0.39 is 35.9 Å². The lowest BCUT2D eigenvalue weighted by atomic mass is 10.2. The number of thiol groups is 1. The first-order chi connectivity index (χ1) is 7.79. The highest BCUT2D eigenvalue weighted by Crippen LogP contribution is 1.91. The molecule has 0 radical (unpaired) electrons. The third-order valence-electron chi connectivity index (χ3n) is 1.96. The van der Waals surface area contributed by atoms with Gasteiger partial charge in [-0.2, -0.15) is 12.6 Å². The van der Waals surface area contributed by atoms with Crippen molar-refractivity contribution < 1.29 is 19.5 Å². The number of aliphatic carboxylic acids is 1. The number of hydrogen-bond acceptors (Lipinski definition) is 5. The molecule has 0 aromatic carbocycles. The minimum absolute atomic E-state index is 0.0327. The lowest BCUT2D eigenvalue weighted by Gasteiger charge is -2.18. The number of hydrogen-bond donors (Lipinski definition) is 5. The minimum Gasteiger partial charge on any atom is -0.480 e. The molecule has 98 valence electrons. The summed E-state index contributed by atoms with van der Waals surface area (Å²) in [5.41, 5.74) is 5.31. The van der Waals surface area contributed by atoms with E-state index in [0.29, 0.717) is 0 Å². The number of carboxylic acids is 1. The van der Waals surface area contributed by atoms with Gasteiger partial charge >= 0.3 is 5.97 Å². The maximum atomic E-state index is 11.5. The van der Waals surface area contributed by atoms with E-state index in [4.69, 9.17) is 10.8 Å². The molecule has 7 nitrogen and oxygen atoms in total.